The first-order chi connectivity index (χ1) is 9.42. The fraction of sp³-hybridized carbons (Fsp3) is 0.533. The minimum atomic E-state index is -0.854. The summed E-state index contributed by atoms with van der Waals surface area (Å²) >= 11 is 0. The Bertz CT molecular complexity index is 661. The summed E-state index contributed by atoms with van der Waals surface area (Å²) in [5, 5.41) is 0. The van der Waals surface area contributed by atoms with Crippen molar-refractivity contribution in [2.75, 3.05) is 5.73 Å². The van der Waals surface area contributed by atoms with Gasteiger partial charge in [0.15, 0.2) is 11.6 Å². The predicted octanol–water partition coefficient (Wildman–Crippen LogP) is 4.04. The van der Waals surface area contributed by atoms with Crippen LogP contribution in [0.5, 0.6) is 0 Å². The van der Waals surface area contributed by atoms with Gasteiger partial charge in [0.05, 0.1) is 5.52 Å². The molecular formula is C15H19F2N3. The molecule has 1 aliphatic carbocycles. The summed E-state index contributed by atoms with van der Waals surface area (Å²) in [6.07, 6.45) is 4.20. The highest BCUT2D eigenvalue weighted by Gasteiger charge is 2.36. The average Bonchev–Trinajstić information content (AvgIpc) is 2.71. The van der Waals surface area contributed by atoms with Crippen LogP contribution in [0.1, 0.15) is 45.6 Å². The second-order valence-electron chi connectivity index (χ2n) is 6.32. The molecule has 5 heteroatoms. The second-order valence-corrected chi connectivity index (χ2v) is 6.32. The lowest BCUT2D eigenvalue weighted by Gasteiger charge is -2.40. The Labute approximate surface area is 116 Å². The number of nitrogens with two attached hydrogens (primary N) is 1. The minimum absolute atomic E-state index is 0.00123. The lowest BCUT2D eigenvalue weighted by Crippen LogP contribution is -2.31. The van der Waals surface area contributed by atoms with E-state index in [-0.39, 0.29) is 22.9 Å². The number of imidazole rings is 1. The van der Waals surface area contributed by atoms with Crippen LogP contribution in [0.3, 0.4) is 0 Å². The summed E-state index contributed by atoms with van der Waals surface area (Å²) in [7, 11) is 0. The number of rotatable bonds is 1. The van der Waals surface area contributed by atoms with Gasteiger partial charge in [-0.05, 0) is 30.4 Å². The number of hydrogen-bond acceptors (Lipinski definition) is 2. The van der Waals surface area contributed by atoms with Gasteiger partial charge in [-0.1, -0.05) is 26.7 Å². The van der Waals surface area contributed by atoms with Gasteiger partial charge in [0, 0.05) is 6.04 Å². The molecule has 1 aliphatic rings. The van der Waals surface area contributed by atoms with Crippen molar-refractivity contribution in [3.8, 4) is 0 Å². The molecule has 1 saturated carbocycles. The monoisotopic (exact) mass is 279 g/mol. The van der Waals surface area contributed by atoms with E-state index in [1.54, 1.807) is 4.57 Å². The van der Waals surface area contributed by atoms with Gasteiger partial charge in [-0.25, -0.2) is 13.8 Å². The van der Waals surface area contributed by atoms with E-state index in [0.29, 0.717) is 5.52 Å². The smallest absolute Gasteiger partial charge is 0.201 e. The van der Waals surface area contributed by atoms with Crippen LogP contribution in [0.25, 0.3) is 11.0 Å². The standard InChI is InChI=1S/C15H19F2N3/c1-15(2)8-4-3-5-11(15)20-13-10(19-14(20)18)7-6-9(16)12(13)17/h6-7,11H,3-5,8H2,1-2H3,(H2,18,19). The van der Waals surface area contributed by atoms with E-state index >= 15 is 0 Å². The third kappa shape index (κ3) is 1.87. The first kappa shape index (κ1) is 13.3. The number of nitrogens with zero attached hydrogens (tertiary/aromatic N) is 2. The Morgan fingerprint density at radius 1 is 1.30 bits per heavy atom. The lowest BCUT2D eigenvalue weighted by atomic mass is 9.73. The lowest BCUT2D eigenvalue weighted by molar-refractivity contribution is 0.149. The van der Waals surface area contributed by atoms with Crippen LogP contribution >= 0.6 is 0 Å². The molecule has 0 radical (unpaired) electrons. The molecule has 0 spiro atoms. The molecule has 1 unspecified atom stereocenters. The quantitative estimate of drug-likeness (QED) is 0.856. The number of aromatic nitrogens is 2. The molecule has 0 saturated heterocycles. The van der Waals surface area contributed by atoms with Gasteiger partial charge in [-0.15, -0.1) is 0 Å². The van der Waals surface area contributed by atoms with Crippen molar-refractivity contribution < 1.29 is 8.78 Å². The molecule has 108 valence electrons. The Kier molecular flexibility index (Phi) is 2.96. The van der Waals surface area contributed by atoms with E-state index < -0.39 is 11.6 Å². The van der Waals surface area contributed by atoms with Crippen molar-refractivity contribution in [1.82, 2.24) is 9.55 Å². The molecular weight excluding hydrogens is 260 g/mol. The summed E-state index contributed by atoms with van der Waals surface area (Å²) in [6, 6.07) is 2.63. The molecule has 2 N–H and O–H groups in total. The third-order valence-electron chi connectivity index (χ3n) is 4.53. The largest absolute Gasteiger partial charge is 0.369 e. The number of fused-ring (bicyclic) bond motifs is 1. The molecule has 1 fully saturated rings. The van der Waals surface area contributed by atoms with Crippen molar-refractivity contribution in [1.29, 1.82) is 0 Å². The van der Waals surface area contributed by atoms with E-state index in [2.05, 4.69) is 18.8 Å². The molecule has 0 aliphatic heterocycles. The highest BCUT2D eigenvalue weighted by molar-refractivity contribution is 5.79. The molecule has 3 rings (SSSR count). The van der Waals surface area contributed by atoms with Gasteiger partial charge in [-0.3, -0.25) is 0 Å². The first-order valence-corrected chi connectivity index (χ1v) is 7.03. The van der Waals surface area contributed by atoms with Crippen LogP contribution in [-0.2, 0) is 0 Å². The summed E-state index contributed by atoms with van der Waals surface area (Å²) in [5.41, 5.74) is 6.60. The van der Waals surface area contributed by atoms with Crippen LogP contribution in [-0.4, -0.2) is 9.55 Å². The number of hydrogen-bond donors (Lipinski definition) is 1. The predicted molar refractivity (Wildman–Crippen MR) is 75.3 cm³/mol. The van der Waals surface area contributed by atoms with E-state index in [0.717, 1.165) is 31.7 Å². The summed E-state index contributed by atoms with van der Waals surface area (Å²) in [4.78, 5) is 4.19. The summed E-state index contributed by atoms with van der Waals surface area (Å²) < 4.78 is 29.4. The highest BCUT2D eigenvalue weighted by atomic mass is 19.2. The Morgan fingerprint density at radius 2 is 2.05 bits per heavy atom. The molecule has 0 amide bonds. The zero-order valence-electron chi connectivity index (χ0n) is 11.8. The number of nitrogen functional groups attached to an aromatic ring is 1. The summed E-state index contributed by atoms with van der Waals surface area (Å²) in [5.74, 6) is -1.44. The van der Waals surface area contributed by atoms with E-state index in [1.165, 1.54) is 6.07 Å². The fourth-order valence-electron chi connectivity index (χ4n) is 3.41. The molecule has 2 aromatic rings. The van der Waals surface area contributed by atoms with Gasteiger partial charge in [-0.2, -0.15) is 0 Å². The molecule has 20 heavy (non-hydrogen) atoms. The van der Waals surface area contributed by atoms with Crippen LogP contribution in [0.2, 0.25) is 0 Å². The number of halogens is 2. The van der Waals surface area contributed by atoms with Gasteiger partial charge >= 0.3 is 0 Å². The maximum absolute atomic E-state index is 14.2. The van der Waals surface area contributed by atoms with Crippen LogP contribution in [0.4, 0.5) is 14.7 Å². The normalized spacial score (nSPS) is 22.3. The van der Waals surface area contributed by atoms with Crippen LogP contribution < -0.4 is 5.73 Å². The molecule has 1 atom stereocenters. The average molecular weight is 279 g/mol. The second kappa shape index (κ2) is 4.43. The number of anilines is 1. The third-order valence-corrected chi connectivity index (χ3v) is 4.53. The van der Waals surface area contributed by atoms with Crippen molar-refractivity contribution in [3.63, 3.8) is 0 Å². The highest BCUT2D eigenvalue weighted by Crippen LogP contribution is 2.46. The SMILES string of the molecule is CC1(C)CCCCC1n1c(N)nc2ccc(F)c(F)c21. The van der Waals surface area contributed by atoms with Crippen molar-refractivity contribution in [3.05, 3.63) is 23.8 Å². The van der Waals surface area contributed by atoms with Gasteiger partial charge in [0.2, 0.25) is 5.95 Å². The van der Waals surface area contributed by atoms with E-state index in [1.807, 2.05) is 0 Å². The zero-order chi connectivity index (χ0) is 14.5. The topological polar surface area (TPSA) is 43.8 Å². The van der Waals surface area contributed by atoms with Crippen molar-refractivity contribution >= 4 is 17.0 Å². The zero-order valence-corrected chi connectivity index (χ0v) is 11.8. The first-order valence-electron chi connectivity index (χ1n) is 7.03. The van der Waals surface area contributed by atoms with Crippen LogP contribution in [0.15, 0.2) is 12.1 Å². The Balaban J connectivity index is 2.25. The Hall–Kier alpha value is -1.65. The van der Waals surface area contributed by atoms with Crippen LogP contribution in [0, 0.1) is 17.0 Å². The van der Waals surface area contributed by atoms with E-state index in [4.69, 9.17) is 5.73 Å². The van der Waals surface area contributed by atoms with Crippen molar-refractivity contribution in [2.45, 2.75) is 45.6 Å². The molecule has 1 aromatic carbocycles. The summed E-state index contributed by atoms with van der Waals surface area (Å²) in [6.45, 7) is 4.30. The van der Waals surface area contributed by atoms with Gasteiger partial charge < -0.3 is 10.3 Å². The molecule has 3 nitrogen and oxygen atoms in total. The van der Waals surface area contributed by atoms with Gasteiger partial charge in [0.25, 0.3) is 0 Å². The fourth-order valence-corrected chi connectivity index (χ4v) is 3.41. The minimum Gasteiger partial charge on any atom is -0.369 e. The number of benzene rings is 1. The molecule has 0 bridgehead atoms. The molecule has 1 heterocycles. The van der Waals surface area contributed by atoms with E-state index in [9.17, 15) is 8.78 Å². The van der Waals surface area contributed by atoms with Gasteiger partial charge in [0.1, 0.15) is 5.52 Å². The van der Waals surface area contributed by atoms with Crippen molar-refractivity contribution in [2.24, 2.45) is 5.41 Å². The Morgan fingerprint density at radius 3 is 2.75 bits per heavy atom. The maximum atomic E-state index is 14.2. The maximum Gasteiger partial charge on any atom is 0.201 e. The molecule has 1 aromatic heterocycles.